The second-order valence-electron chi connectivity index (χ2n) is 4.92. The highest BCUT2D eigenvalue weighted by molar-refractivity contribution is 9.10. The molecule has 1 unspecified atom stereocenters. The SMILES string of the molecule is CC1(C)CC(CC#Cc2ncccc2Br)C(=O)O1. The molecule has 1 saturated heterocycles. The van der Waals surface area contributed by atoms with Crippen LogP contribution in [0, 0.1) is 17.8 Å². The maximum absolute atomic E-state index is 11.6. The van der Waals surface area contributed by atoms with Gasteiger partial charge in [0.1, 0.15) is 11.3 Å². The molecule has 1 aromatic heterocycles. The predicted octanol–water partition coefficient (Wildman–Crippen LogP) is 2.93. The Labute approximate surface area is 115 Å². The fourth-order valence-corrected chi connectivity index (χ4v) is 2.32. The topological polar surface area (TPSA) is 39.2 Å². The van der Waals surface area contributed by atoms with Crippen molar-refractivity contribution in [2.75, 3.05) is 0 Å². The van der Waals surface area contributed by atoms with Gasteiger partial charge in [-0.15, -0.1) is 0 Å². The van der Waals surface area contributed by atoms with Crippen LogP contribution in [0.5, 0.6) is 0 Å². The van der Waals surface area contributed by atoms with E-state index in [-0.39, 0.29) is 17.5 Å². The van der Waals surface area contributed by atoms with Crippen LogP contribution in [0.1, 0.15) is 32.4 Å². The average molecular weight is 308 g/mol. The molecule has 2 heterocycles. The van der Waals surface area contributed by atoms with Crippen molar-refractivity contribution in [3.05, 3.63) is 28.5 Å². The molecule has 0 bridgehead atoms. The Bertz CT molecular complexity index is 528. The van der Waals surface area contributed by atoms with Crippen LogP contribution in [0.15, 0.2) is 22.8 Å². The maximum atomic E-state index is 11.6. The van der Waals surface area contributed by atoms with Crippen molar-refractivity contribution in [2.45, 2.75) is 32.3 Å². The number of rotatable bonds is 1. The Balaban J connectivity index is 2.02. The van der Waals surface area contributed by atoms with E-state index in [2.05, 4.69) is 32.8 Å². The van der Waals surface area contributed by atoms with E-state index >= 15 is 0 Å². The van der Waals surface area contributed by atoms with Gasteiger partial charge in [-0.1, -0.05) is 5.92 Å². The van der Waals surface area contributed by atoms with Crippen molar-refractivity contribution in [3.8, 4) is 11.8 Å². The number of aromatic nitrogens is 1. The van der Waals surface area contributed by atoms with E-state index in [4.69, 9.17) is 4.74 Å². The summed E-state index contributed by atoms with van der Waals surface area (Å²) in [5.74, 6) is 5.72. The van der Waals surface area contributed by atoms with Gasteiger partial charge in [-0.2, -0.15) is 0 Å². The molecule has 1 fully saturated rings. The number of halogens is 1. The first-order valence-electron chi connectivity index (χ1n) is 5.80. The summed E-state index contributed by atoms with van der Waals surface area (Å²) >= 11 is 3.38. The zero-order chi connectivity index (χ0) is 13.2. The third kappa shape index (κ3) is 3.11. The van der Waals surface area contributed by atoms with E-state index in [0.717, 1.165) is 10.9 Å². The van der Waals surface area contributed by atoms with Crippen molar-refractivity contribution < 1.29 is 9.53 Å². The monoisotopic (exact) mass is 307 g/mol. The summed E-state index contributed by atoms with van der Waals surface area (Å²) < 4.78 is 6.12. The molecule has 4 heteroatoms. The van der Waals surface area contributed by atoms with E-state index in [1.54, 1.807) is 6.20 Å². The molecule has 3 nitrogen and oxygen atoms in total. The number of carbonyl (C=O) groups is 1. The molecular weight excluding hydrogens is 294 g/mol. The zero-order valence-corrected chi connectivity index (χ0v) is 12.0. The number of pyridine rings is 1. The molecular formula is C14H14BrNO2. The molecule has 2 rings (SSSR count). The van der Waals surface area contributed by atoms with Gasteiger partial charge in [0.05, 0.1) is 10.4 Å². The lowest BCUT2D eigenvalue weighted by molar-refractivity contribution is -0.148. The van der Waals surface area contributed by atoms with Crippen molar-refractivity contribution in [1.82, 2.24) is 4.98 Å². The summed E-state index contributed by atoms with van der Waals surface area (Å²) in [6.45, 7) is 3.85. The first-order valence-corrected chi connectivity index (χ1v) is 6.59. The summed E-state index contributed by atoms with van der Waals surface area (Å²) in [5.41, 5.74) is 0.345. The van der Waals surface area contributed by atoms with Gasteiger partial charge in [-0.05, 0) is 47.8 Å². The Hall–Kier alpha value is -1.34. The molecule has 0 radical (unpaired) electrons. The summed E-state index contributed by atoms with van der Waals surface area (Å²) in [7, 11) is 0. The number of cyclic esters (lactones) is 1. The van der Waals surface area contributed by atoms with Gasteiger partial charge >= 0.3 is 5.97 Å². The Morgan fingerprint density at radius 1 is 1.61 bits per heavy atom. The van der Waals surface area contributed by atoms with Crippen LogP contribution in [-0.2, 0) is 9.53 Å². The molecule has 0 saturated carbocycles. The van der Waals surface area contributed by atoms with Gasteiger partial charge in [-0.25, -0.2) is 4.98 Å². The van der Waals surface area contributed by atoms with Crippen LogP contribution in [0.25, 0.3) is 0 Å². The summed E-state index contributed by atoms with van der Waals surface area (Å²) in [4.78, 5) is 15.7. The largest absolute Gasteiger partial charge is 0.459 e. The molecule has 1 aromatic rings. The van der Waals surface area contributed by atoms with E-state index in [1.807, 2.05) is 26.0 Å². The highest BCUT2D eigenvalue weighted by atomic mass is 79.9. The third-order valence-corrected chi connectivity index (χ3v) is 3.40. The Kier molecular flexibility index (Phi) is 3.72. The van der Waals surface area contributed by atoms with Gasteiger partial charge in [0.15, 0.2) is 0 Å². The second-order valence-corrected chi connectivity index (χ2v) is 5.78. The third-order valence-electron chi connectivity index (χ3n) is 2.76. The number of hydrogen-bond acceptors (Lipinski definition) is 3. The fraction of sp³-hybridized carbons (Fsp3) is 0.429. The second kappa shape index (κ2) is 5.11. The minimum absolute atomic E-state index is 0.116. The molecule has 0 spiro atoms. The van der Waals surface area contributed by atoms with Crippen molar-refractivity contribution in [1.29, 1.82) is 0 Å². The first-order chi connectivity index (χ1) is 8.48. The van der Waals surface area contributed by atoms with Crippen molar-refractivity contribution in [2.24, 2.45) is 5.92 Å². The van der Waals surface area contributed by atoms with Crippen molar-refractivity contribution in [3.63, 3.8) is 0 Å². The number of hydrogen-bond donors (Lipinski definition) is 0. The lowest BCUT2D eigenvalue weighted by Gasteiger charge is -2.14. The number of carbonyl (C=O) groups excluding carboxylic acids is 1. The lowest BCUT2D eigenvalue weighted by Crippen LogP contribution is -2.17. The molecule has 0 amide bonds. The van der Waals surface area contributed by atoms with Crippen LogP contribution < -0.4 is 0 Å². The quantitative estimate of drug-likeness (QED) is 0.591. The van der Waals surface area contributed by atoms with E-state index in [1.165, 1.54) is 0 Å². The van der Waals surface area contributed by atoms with Crippen LogP contribution in [-0.4, -0.2) is 16.6 Å². The number of nitrogens with zero attached hydrogens (tertiary/aromatic N) is 1. The molecule has 1 atom stereocenters. The molecule has 0 aromatic carbocycles. The van der Waals surface area contributed by atoms with Crippen LogP contribution >= 0.6 is 15.9 Å². The highest BCUT2D eigenvalue weighted by Gasteiger charge is 2.39. The highest BCUT2D eigenvalue weighted by Crippen LogP contribution is 2.31. The summed E-state index contributed by atoms with van der Waals surface area (Å²) in [6, 6.07) is 3.73. The van der Waals surface area contributed by atoms with Gasteiger partial charge in [0.2, 0.25) is 0 Å². The molecule has 1 aliphatic rings. The normalized spacial score (nSPS) is 21.1. The zero-order valence-electron chi connectivity index (χ0n) is 10.4. The predicted molar refractivity (Wildman–Crippen MR) is 71.7 cm³/mol. The minimum Gasteiger partial charge on any atom is -0.459 e. The molecule has 94 valence electrons. The summed E-state index contributed by atoms with van der Waals surface area (Å²) in [6.07, 6.45) is 2.94. The van der Waals surface area contributed by atoms with E-state index in [9.17, 15) is 4.79 Å². The lowest BCUT2D eigenvalue weighted by atomic mass is 9.95. The molecule has 18 heavy (non-hydrogen) atoms. The van der Waals surface area contributed by atoms with Crippen molar-refractivity contribution >= 4 is 21.9 Å². The van der Waals surface area contributed by atoms with E-state index < -0.39 is 0 Å². The standard InChI is InChI=1S/C14H14BrNO2/c1-14(2)9-10(13(17)18-14)5-3-7-12-11(15)6-4-8-16-12/h4,6,8,10H,5,9H2,1-2H3. The van der Waals surface area contributed by atoms with Crippen LogP contribution in [0.4, 0.5) is 0 Å². The molecule has 1 aliphatic heterocycles. The first kappa shape index (κ1) is 13.1. The van der Waals surface area contributed by atoms with Gasteiger partial charge in [-0.3, -0.25) is 4.79 Å². The number of ether oxygens (including phenoxy) is 1. The smallest absolute Gasteiger partial charge is 0.310 e. The van der Waals surface area contributed by atoms with Gasteiger partial charge < -0.3 is 4.74 Å². The fourth-order valence-electron chi connectivity index (χ4n) is 1.97. The Morgan fingerprint density at radius 2 is 2.39 bits per heavy atom. The molecule has 0 aliphatic carbocycles. The average Bonchev–Trinajstić information content (AvgIpc) is 2.55. The minimum atomic E-state index is -0.352. The Morgan fingerprint density at radius 3 is 3.00 bits per heavy atom. The summed E-state index contributed by atoms with van der Waals surface area (Å²) in [5, 5.41) is 0. The van der Waals surface area contributed by atoms with Crippen LogP contribution in [0.2, 0.25) is 0 Å². The van der Waals surface area contributed by atoms with Gasteiger partial charge in [0.25, 0.3) is 0 Å². The van der Waals surface area contributed by atoms with Gasteiger partial charge in [0, 0.05) is 19.0 Å². The maximum Gasteiger partial charge on any atom is 0.310 e. The van der Waals surface area contributed by atoms with E-state index in [0.29, 0.717) is 12.1 Å². The number of esters is 1. The van der Waals surface area contributed by atoms with Crippen LogP contribution in [0.3, 0.4) is 0 Å². The molecule has 0 N–H and O–H groups in total.